The van der Waals surface area contributed by atoms with Crippen LogP contribution < -0.4 is 15.5 Å². The van der Waals surface area contributed by atoms with Gasteiger partial charge in [-0.15, -0.1) is 0 Å². The molecule has 0 aliphatic carbocycles. The highest BCUT2D eigenvalue weighted by molar-refractivity contribution is 5.80. The number of furan rings is 1. The van der Waals surface area contributed by atoms with E-state index in [9.17, 15) is 0 Å². The summed E-state index contributed by atoms with van der Waals surface area (Å²) in [6.45, 7) is 9.74. The first-order valence-electron chi connectivity index (χ1n) is 10.5. The minimum absolute atomic E-state index is 0.0524. The molecule has 1 aliphatic heterocycles. The minimum atomic E-state index is 0.0524. The SMILES string of the molecule is CCNC(=NCc1ccnc(N2CCCCCC2)c1)NC(C)c1ccc(C)o1. The van der Waals surface area contributed by atoms with E-state index in [4.69, 9.17) is 9.41 Å². The molecule has 2 aromatic heterocycles. The van der Waals surface area contributed by atoms with Crippen molar-refractivity contribution in [3.8, 4) is 0 Å². The van der Waals surface area contributed by atoms with Gasteiger partial charge in [0.25, 0.3) is 0 Å². The molecule has 3 rings (SSSR count). The van der Waals surface area contributed by atoms with Crippen molar-refractivity contribution in [3.63, 3.8) is 0 Å². The van der Waals surface area contributed by atoms with Gasteiger partial charge in [0.1, 0.15) is 17.3 Å². The summed E-state index contributed by atoms with van der Waals surface area (Å²) in [7, 11) is 0. The molecule has 1 atom stereocenters. The Hall–Kier alpha value is -2.50. The average Bonchev–Trinajstić information content (AvgIpc) is 2.96. The standard InChI is InChI=1S/C22H33N5O/c1-4-23-22(26-18(3)20-10-9-17(2)28-20)25-16-19-11-12-24-21(15-19)27-13-7-5-6-8-14-27/h9-12,15,18H,4-8,13-14,16H2,1-3H3,(H2,23,25,26). The van der Waals surface area contributed by atoms with Gasteiger partial charge in [-0.1, -0.05) is 12.8 Å². The number of nitrogens with zero attached hydrogens (tertiary/aromatic N) is 3. The van der Waals surface area contributed by atoms with Gasteiger partial charge >= 0.3 is 0 Å². The maximum Gasteiger partial charge on any atom is 0.192 e. The first-order chi connectivity index (χ1) is 13.7. The third-order valence-corrected chi connectivity index (χ3v) is 5.05. The van der Waals surface area contributed by atoms with Crippen LogP contribution in [0.2, 0.25) is 0 Å². The van der Waals surface area contributed by atoms with Crippen LogP contribution in [0.15, 0.2) is 39.9 Å². The molecular formula is C22H33N5O. The van der Waals surface area contributed by atoms with Crippen LogP contribution in [0, 0.1) is 6.92 Å². The number of aromatic nitrogens is 1. The molecule has 1 saturated heterocycles. The maximum absolute atomic E-state index is 5.72. The number of aliphatic imine (C=N–C) groups is 1. The summed E-state index contributed by atoms with van der Waals surface area (Å²) in [5.41, 5.74) is 1.17. The van der Waals surface area contributed by atoms with Crippen LogP contribution >= 0.6 is 0 Å². The van der Waals surface area contributed by atoms with Crippen LogP contribution in [-0.4, -0.2) is 30.6 Å². The van der Waals surface area contributed by atoms with E-state index in [1.165, 1.54) is 31.2 Å². The predicted molar refractivity (Wildman–Crippen MR) is 115 cm³/mol. The van der Waals surface area contributed by atoms with E-state index < -0.39 is 0 Å². The van der Waals surface area contributed by atoms with Crippen molar-refractivity contribution in [3.05, 3.63) is 47.5 Å². The van der Waals surface area contributed by atoms with Crippen molar-refractivity contribution in [1.82, 2.24) is 15.6 Å². The number of guanidine groups is 1. The number of rotatable bonds is 6. The molecule has 1 unspecified atom stereocenters. The lowest BCUT2D eigenvalue weighted by atomic mass is 10.2. The Labute approximate surface area is 168 Å². The van der Waals surface area contributed by atoms with E-state index in [0.717, 1.165) is 42.9 Å². The maximum atomic E-state index is 5.72. The second-order valence-corrected chi connectivity index (χ2v) is 7.43. The molecule has 0 spiro atoms. The lowest BCUT2D eigenvalue weighted by molar-refractivity contribution is 0.441. The molecule has 0 bridgehead atoms. The molecule has 2 N–H and O–H groups in total. The quantitative estimate of drug-likeness (QED) is 0.579. The van der Waals surface area contributed by atoms with E-state index in [0.29, 0.717) is 6.54 Å². The molecule has 0 amide bonds. The topological polar surface area (TPSA) is 65.7 Å². The van der Waals surface area contributed by atoms with Crippen LogP contribution in [0.1, 0.15) is 62.7 Å². The van der Waals surface area contributed by atoms with Gasteiger partial charge < -0.3 is 20.0 Å². The molecule has 6 heteroatoms. The lowest BCUT2D eigenvalue weighted by Crippen LogP contribution is -2.38. The Morgan fingerprint density at radius 2 is 2.00 bits per heavy atom. The van der Waals surface area contributed by atoms with Crippen LogP contribution in [0.4, 0.5) is 5.82 Å². The van der Waals surface area contributed by atoms with Crippen molar-refractivity contribution in [1.29, 1.82) is 0 Å². The van der Waals surface area contributed by atoms with E-state index in [1.807, 2.05) is 31.3 Å². The van der Waals surface area contributed by atoms with Crippen LogP contribution in [0.3, 0.4) is 0 Å². The largest absolute Gasteiger partial charge is 0.464 e. The van der Waals surface area contributed by atoms with Crippen molar-refractivity contribution < 1.29 is 4.42 Å². The summed E-state index contributed by atoms with van der Waals surface area (Å²) in [5.74, 6) is 3.70. The number of hydrogen-bond acceptors (Lipinski definition) is 4. The summed E-state index contributed by atoms with van der Waals surface area (Å²) in [6.07, 6.45) is 7.06. The third-order valence-electron chi connectivity index (χ3n) is 5.05. The summed E-state index contributed by atoms with van der Waals surface area (Å²) >= 11 is 0. The molecule has 0 radical (unpaired) electrons. The molecule has 0 aromatic carbocycles. The molecule has 1 aliphatic rings. The Bertz CT molecular complexity index is 762. The number of anilines is 1. The van der Waals surface area contributed by atoms with Gasteiger partial charge in [0.2, 0.25) is 0 Å². The fourth-order valence-corrected chi connectivity index (χ4v) is 3.48. The number of hydrogen-bond donors (Lipinski definition) is 2. The lowest BCUT2D eigenvalue weighted by Gasteiger charge is -2.21. The van der Waals surface area contributed by atoms with E-state index in [-0.39, 0.29) is 6.04 Å². The number of aryl methyl sites for hydroxylation is 1. The molecule has 2 aromatic rings. The van der Waals surface area contributed by atoms with Crippen molar-refractivity contribution in [2.24, 2.45) is 4.99 Å². The molecule has 3 heterocycles. The van der Waals surface area contributed by atoms with Gasteiger partial charge in [-0.2, -0.15) is 0 Å². The minimum Gasteiger partial charge on any atom is -0.464 e. The third kappa shape index (κ3) is 5.75. The van der Waals surface area contributed by atoms with Crippen LogP contribution in [-0.2, 0) is 6.54 Å². The van der Waals surface area contributed by atoms with E-state index >= 15 is 0 Å². The summed E-state index contributed by atoms with van der Waals surface area (Å²) in [6, 6.07) is 8.27. The number of pyridine rings is 1. The van der Waals surface area contributed by atoms with Crippen LogP contribution in [0.25, 0.3) is 0 Å². The van der Waals surface area contributed by atoms with Crippen LogP contribution in [0.5, 0.6) is 0 Å². The molecule has 28 heavy (non-hydrogen) atoms. The van der Waals surface area contributed by atoms with E-state index in [2.05, 4.69) is 40.4 Å². The molecule has 152 valence electrons. The normalized spacial score (nSPS) is 16.5. The summed E-state index contributed by atoms with van der Waals surface area (Å²) < 4.78 is 5.72. The van der Waals surface area contributed by atoms with Gasteiger partial charge in [0, 0.05) is 25.8 Å². The second kappa shape index (κ2) is 10.2. The first kappa shape index (κ1) is 20.2. The smallest absolute Gasteiger partial charge is 0.192 e. The summed E-state index contributed by atoms with van der Waals surface area (Å²) in [5, 5.41) is 6.74. The van der Waals surface area contributed by atoms with Gasteiger partial charge in [0.05, 0.1) is 12.6 Å². The zero-order valence-electron chi connectivity index (χ0n) is 17.4. The fraction of sp³-hybridized carbons (Fsp3) is 0.545. The van der Waals surface area contributed by atoms with Crippen molar-refractivity contribution in [2.75, 3.05) is 24.5 Å². The fourth-order valence-electron chi connectivity index (χ4n) is 3.48. The molecular weight excluding hydrogens is 350 g/mol. The van der Waals surface area contributed by atoms with Gasteiger partial charge in [0.15, 0.2) is 5.96 Å². The van der Waals surface area contributed by atoms with Gasteiger partial charge in [-0.25, -0.2) is 9.98 Å². The monoisotopic (exact) mass is 383 g/mol. The Morgan fingerprint density at radius 1 is 1.21 bits per heavy atom. The Balaban J connectivity index is 1.66. The molecule has 1 fully saturated rings. The highest BCUT2D eigenvalue weighted by atomic mass is 16.3. The average molecular weight is 384 g/mol. The molecule has 6 nitrogen and oxygen atoms in total. The zero-order chi connectivity index (χ0) is 19.8. The summed E-state index contributed by atoms with van der Waals surface area (Å²) in [4.78, 5) is 11.8. The highest BCUT2D eigenvalue weighted by Gasteiger charge is 2.13. The zero-order valence-corrected chi connectivity index (χ0v) is 17.4. The second-order valence-electron chi connectivity index (χ2n) is 7.43. The van der Waals surface area contributed by atoms with E-state index in [1.54, 1.807) is 0 Å². The van der Waals surface area contributed by atoms with Gasteiger partial charge in [-0.05, 0) is 63.4 Å². The molecule has 0 saturated carbocycles. The Morgan fingerprint density at radius 3 is 2.68 bits per heavy atom. The Kier molecular flexibility index (Phi) is 7.34. The number of nitrogens with one attached hydrogen (secondary N) is 2. The highest BCUT2D eigenvalue weighted by Crippen LogP contribution is 2.19. The van der Waals surface area contributed by atoms with Crippen molar-refractivity contribution >= 4 is 11.8 Å². The van der Waals surface area contributed by atoms with Gasteiger partial charge in [-0.3, -0.25) is 0 Å². The van der Waals surface area contributed by atoms with Crippen molar-refractivity contribution in [2.45, 2.75) is 59.0 Å². The first-order valence-corrected chi connectivity index (χ1v) is 10.5. The predicted octanol–water partition coefficient (Wildman–Crippen LogP) is 4.18.